The topological polar surface area (TPSA) is 66.4 Å². The van der Waals surface area contributed by atoms with Crippen molar-refractivity contribution in [2.24, 2.45) is 5.16 Å². The molecule has 2 aromatic rings. The molecule has 168 valence electrons. The van der Waals surface area contributed by atoms with Gasteiger partial charge < -0.3 is 19.0 Å². The van der Waals surface area contributed by atoms with Crippen molar-refractivity contribution in [3.63, 3.8) is 0 Å². The molecule has 0 heterocycles. The summed E-state index contributed by atoms with van der Waals surface area (Å²) < 4.78 is 18.0. The van der Waals surface area contributed by atoms with Crippen molar-refractivity contribution >= 4 is 44.0 Å². The van der Waals surface area contributed by atoms with E-state index in [1.54, 1.807) is 27.9 Å². The van der Waals surface area contributed by atoms with Gasteiger partial charge in [-0.25, -0.2) is 4.79 Å². The Hall–Kier alpha value is -2.06. The Morgan fingerprint density at radius 1 is 1.16 bits per heavy atom. The van der Waals surface area contributed by atoms with Crippen LogP contribution >= 0.6 is 31.9 Å². The number of carbonyl (C=O) groups is 1. The van der Waals surface area contributed by atoms with Crippen LogP contribution in [0.5, 0.6) is 17.2 Å². The monoisotopic (exact) mass is 555 g/mol. The standard InChI is InChI=1S/C23H27Br2NO5/c1-7-29-22(27)23(4,5)31-26-13-15-10-18(24)21(19(25)11-15)30-16-8-9-20(28-6)17(12-16)14(2)3/h8-14H,7H2,1-6H3. The van der Waals surface area contributed by atoms with Crippen LogP contribution in [0.4, 0.5) is 0 Å². The fourth-order valence-electron chi connectivity index (χ4n) is 2.66. The van der Waals surface area contributed by atoms with Crippen LogP contribution in [0.3, 0.4) is 0 Å². The number of carbonyl (C=O) groups excluding carboxylic acids is 1. The zero-order valence-electron chi connectivity index (χ0n) is 18.5. The summed E-state index contributed by atoms with van der Waals surface area (Å²) in [5, 5.41) is 3.94. The molecule has 0 aliphatic heterocycles. The van der Waals surface area contributed by atoms with E-state index in [1.807, 2.05) is 30.3 Å². The number of rotatable bonds is 9. The molecule has 0 aromatic heterocycles. The molecule has 31 heavy (non-hydrogen) atoms. The first-order valence-corrected chi connectivity index (χ1v) is 11.4. The minimum absolute atomic E-state index is 0.281. The van der Waals surface area contributed by atoms with Crippen LogP contribution in [-0.4, -0.2) is 31.5 Å². The van der Waals surface area contributed by atoms with Crippen molar-refractivity contribution in [3.8, 4) is 17.2 Å². The first-order chi connectivity index (χ1) is 14.6. The molecule has 2 rings (SSSR count). The van der Waals surface area contributed by atoms with Gasteiger partial charge in [0.15, 0.2) is 5.75 Å². The SMILES string of the molecule is CCOC(=O)C(C)(C)ON=Cc1cc(Br)c(Oc2ccc(OC)c(C(C)C)c2)c(Br)c1. The average molecular weight is 557 g/mol. The number of hydrogen-bond donors (Lipinski definition) is 0. The highest BCUT2D eigenvalue weighted by Gasteiger charge is 2.31. The Morgan fingerprint density at radius 2 is 1.81 bits per heavy atom. The third-order valence-corrected chi connectivity index (χ3v) is 5.49. The molecular weight excluding hydrogens is 530 g/mol. The molecule has 2 aromatic carbocycles. The van der Waals surface area contributed by atoms with E-state index in [0.717, 1.165) is 25.8 Å². The van der Waals surface area contributed by atoms with Crippen molar-refractivity contribution in [2.45, 2.75) is 46.1 Å². The van der Waals surface area contributed by atoms with Gasteiger partial charge in [0.2, 0.25) is 5.60 Å². The first-order valence-electron chi connectivity index (χ1n) is 9.82. The summed E-state index contributed by atoms with van der Waals surface area (Å²) in [6.07, 6.45) is 1.52. The molecule has 0 amide bonds. The van der Waals surface area contributed by atoms with Gasteiger partial charge >= 0.3 is 5.97 Å². The predicted octanol–water partition coefficient (Wildman–Crippen LogP) is 6.83. The predicted molar refractivity (Wildman–Crippen MR) is 128 cm³/mol. The van der Waals surface area contributed by atoms with Crippen LogP contribution in [0, 0.1) is 0 Å². The molecule has 0 radical (unpaired) electrons. The minimum atomic E-state index is -1.17. The van der Waals surface area contributed by atoms with E-state index in [2.05, 4.69) is 50.9 Å². The zero-order valence-corrected chi connectivity index (χ0v) is 21.7. The van der Waals surface area contributed by atoms with Gasteiger partial charge in [0.05, 0.1) is 28.9 Å². The lowest BCUT2D eigenvalue weighted by Gasteiger charge is -2.19. The van der Waals surface area contributed by atoms with E-state index in [-0.39, 0.29) is 6.61 Å². The molecule has 0 unspecified atom stereocenters. The Labute approximate surface area is 200 Å². The maximum Gasteiger partial charge on any atom is 0.352 e. The highest BCUT2D eigenvalue weighted by atomic mass is 79.9. The van der Waals surface area contributed by atoms with E-state index < -0.39 is 11.6 Å². The molecule has 6 nitrogen and oxygen atoms in total. The van der Waals surface area contributed by atoms with Crippen LogP contribution in [-0.2, 0) is 14.4 Å². The van der Waals surface area contributed by atoms with Gasteiger partial charge in [-0.1, -0.05) is 19.0 Å². The number of benzene rings is 2. The van der Waals surface area contributed by atoms with Crippen molar-refractivity contribution in [2.75, 3.05) is 13.7 Å². The molecule has 0 N–H and O–H groups in total. The maximum absolute atomic E-state index is 11.9. The Balaban J connectivity index is 2.19. The summed E-state index contributed by atoms with van der Waals surface area (Å²) in [6.45, 7) is 9.44. The number of methoxy groups -OCH3 is 1. The molecule has 0 atom stereocenters. The molecule has 0 saturated carbocycles. The Morgan fingerprint density at radius 3 is 2.35 bits per heavy atom. The largest absolute Gasteiger partial charge is 0.496 e. The molecule has 0 saturated heterocycles. The number of oxime groups is 1. The van der Waals surface area contributed by atoms with E-state index in [1.165, 1.54) is 6.21 Å². The molecule has 0 fully saturated rings. The first kappa shape index (κ1) is 25.2. The highest BCUT2D eigenvalue weighted by molar-refractivity contribution is 9.11. The fraction of sp³-hybridized carbons (Fsp3) is 0.391. The summed E-state index contributed by atoms with van der Waals surface area (Å²) in [7, 11) is 1.66. The summed E-state index contributed by atoms with van der Waals surface area (Å²) in [5.41, 5.74) is 0.646. The summed E-state index contributed by atoms with van der Waals surface area (Å²) in [6, 6.07) is 9.43. The fourth-order valence-corrected chi connectivity index (χ4v) is 4.04. The van der Waals surface area contributed by atoms with Crippen LogP contribution in [0.2, 0.25) is 0 Å². The summed E-state index contributed by atoms with van der Waals surface area (Å²) in [5.74, 6) is 1.98. The van der Waals surface area contributed by atoms with Gasteiger partial charge in [0, 0.05) is 5.56 Å². The van der Waals surface area contributed by atoms with Crippen LogP contribution in [0.15, 0.2) is 44.4 Å². The van der Waals surface area contributed by atoms with Crippen molar-refractivity contribution < 1.29 is 23.8 Å². The highest BCUT2D eigenvalue weighted by Crippen LogP contribution is 2.39. The van der Waals surface area contributed by atoms with Gasteiger partial charge in [0.1, 0.15) is 11.5 Å². The molecular formula is C23H27Br2NO5. The number of ether oxygens (including phenoxy) is 3. The summed E-state index contributed by atoms with van der Waals surface area (Å²) in [4.78, 5) is 17.2. The molecule has 0 spiro atoms. The Bertz CT molecular complexity index is 934. The maximum atomic E-state index is 11.9. The lowest BCUT2D eigenvalue weighted by molar-refractivity contribution is -0.167. The lowest BCUT2D eigenvalue weighted by Crippen LogP contribution is -2.35. The molecule has 0 aliphatic carbocycles. The van der Waals surface area contributed by atoms with Gasteiger partial charge in [-0.2, -0.15) is 0 Å². The third kappa shape index (κ3) is 6.71. The number of halogens is 2. The molecule has 8 heteroatoms. The van der Waals surface area contributed by atoms with E-state index in [4.69, 9.17) is 19.0 Å². The second-order valence-electron chi connectivity index (χ2n) is 7.53. The number of esters is 1. The van der Waals surface area contributed by atoms with Crippen LogP contribution < -0.4 is 9.47 Å². The van der Waals surface area contributed by atoms with Crippen LogP contribution in [0.25, 0.3) is 0 Å². The van der Waals surface area contributed by atoms with Gasteiger partial charge in [0.25, 0.3) is 0 Å². The van der Waals surface area contributed by atoms with Crippen LogP contribution in [0.1, 0.15) is 51.7 Å². The molecule has 0 aliphatic rings. The second-order valence-corrected chi connectivity index (χ2v) is 9.24. The third-order valence-electron chi connectivity index (χ3n) is 4.31. The number of nitrogens with zero attached hydrogens (tertiary/aromatic N) is 1. The zero-order chi connectivity index (χ0) is 23.2. The lowest BCUT2D eigenvalue weighted by atomic mass is 10.0. The number of hydrogen-bond acceptors (Lipinski definition) is 6. The normalized spacial score (nSPS) is 11.6. The van der Waals surface area contributed by atoms with Crippen molar-refractivity contribution in [1.29, 1.82) is 0 Å². The van der Waals surface area contributed by atoms with Gasteiger partial charge in [-0.15, -0.1) is 0 Å². The smallest absolute Gasteiger partial charge is 0.352 e. The molecule has 0 bridgehead atoms. The van der Waals surface area contributed by atoms with Gasteiger partial charge in [-0.05, 0) is 94.4 Å². The minimum Gasteiger partial charge on any atom is -0.496 e. The average Bonchev–Trinajstić information content (AvgIpc) is 2.70. The van der Waals surface area contributed by atoms with Crippen molar-refractivity contribution in [1.82, 2.24) is 0 Å². The van der Waals surface area contributed by atoms with Gasteiger partial charge in [-0.3, -0.25) is 0 Å². The van der Waals surface area contributed by atoms with E-state index in [9.17, 15) is 4.79 Å². The quantitative estimate of drug-likeness (QED) is 0.192. The van der Waals surface area contributed by atoms with Crippen molar-refractivity contribution in [3.05, 3.63) is 50.4 Å². The van der Waals surface area contributed by atoms with E-state index >= 15 is 0 Å². The van der Waals surface area contributed by atoms with E-state index in [0.29, 0.717) is 17.4 Å². The Kier molecular flexibility index (Phi) is 8.94. The summed E-state index contributed by atoms with van der Waals surface area (Å²) >= 11 is 7.10. The second kappa shape index (κ2) is 11.0.